The van der Waals surface area contributed by atoms with Crippen LogP contribution in [-0.4, -0.2) is 47.9 Å². The normalized spacial score (nSPS) is 22.4. The molecule has 1 unspecified atom stereocenters. The maximum Gasteiger partial charge on any atom is 0.242 e. The first-order valence-electron chi connectivity index (χ1n) is 4.73. The van der Waals surface area contributed by atoms with E-state index in [9.17, 15) is 9.59 Å². The molecule has 0 aromatic rings. The molecule has 0 radical (unpaired) electrons. The van der Waals surface area contributed by atoms with E-state index in [4.69, 9.17) is 0 Å². The summed E-state index contributed by atoms with van der Waals surface area (Å²) in [4.78, 5) is 24.4. The molecule has 0 aliphatic carbocycles. The van der Waals surface area contributed by atoms with Crippen molar-refractivity contribution in [1.82, 2.24) is 10.2 Å². The molecule has 1 atom stereocenters. The van der Waals surface area contributed by atoms with Gasteiger partial charge in [0, 0.05) is 6.54 Å². The second-order valence-corrected chi connectivity index (χ2v) is 4.31. The largest absolute Gasteiger partial charge is 0.345 e. The summed E-state index contributed by atoms with van der Waals surface area (Å²) < 4.78 is 0. The first kappa shape index (κ1) is 11.4. The van der Waals surface area contributed by atoms with Gasteiger partial charge in [-0.3, -0.25) is 9.59 Å². The quantitative estimate of drug-likeness (QED) is 0.677. The molecule has 0 spiro atoms. The summed E-state index contributed by atoms with van der Waals surface area (Å²) in [6.07, 6.45) is 2.98. The van der Waals surface area contributed by atoms with Gasteiger partial charge in [0.2, 0.25) is 11.8 Å². The molecule has 80 valence electrons. The SMILES string of the molecule is CSCCCN1C(=O)CNC(=O)C1C. The first-order valence-corrected chi connectivity index (χ1v) is 6.12. The zero-order valence-corrected chi connectivity index (χ0v) is 9.39. The summed E-state index contributed by atoms with van der Waals surface area (Å²) in [6, 6.07) is -0.307. The van der Waals surface area contributed by atoms with Crippen molar-refractivity contribution in [2.24, 2.45) is 0 Å². The van der Waals surface area contributed by atoms with Gasteiger partial charge in [-0.2, -0.15) is 11.8 Å². The van der Waals surface area contributed by atoms with Gasteiger partial charge in [0.15, 0.2) is 0 Å². The molecule has 1 rings (SSSR count). The fraction of sp³-hybridized carbons (Fsp3) is 0.778. The Morgan fingerprint density at radius 3 is 2.93 bits per heavy atom. The van der Waals surface area contributed by atoms with Crippen LogP contribution in [0.2, 0.25) is 0 Å². The Labute approximate surface area is 88.4 Å². The second kappa shape index (κ2) is 5.24. The van der Waals surface area contributed by atoms with Gasteiger partial charge in [-0.25, -0.2) is 0 Å². The summed E-state index contributed by atoms with van der Waals surface area (Å²) in [5.74, 6) is 1.00. The van der Waals surface area contributed by atoms with Crippen LogP contribution in [0.4, 0.5) is 0 Å². The van der Waals surface area contributed by atoms with Crippen LogP contribution < -0.4 is 5.32 Å². The van der Waals surface area contributed by atoms with E-state index in [-0.39, 0.29) is 24.4 Å². The average Bonchev–Trinajstić information content (AvgIpc) is 2.18. The third kappa shape index (κ3) is 2.64. The van der Waals surface area contributed by atoms with Crippen LogP contribution in [0.5, 0.6) is 0 Å². The standard InChI is InChI=1S/C9H16N2O2S/c1-7-9(13)10-6-8(12)11(7)4-3-5-14-2/h7H,3-6H2,1-2H3,(H,10,13). The van der Waals surface area contributed by atoms with Crippen molar-refractivity contribution in [3.8, 4) is 0 Å². The Hall–Kier alpha value is -0.710. The van der Waals surface area contributed by atoms with Crippen molar-refractivity contribution in [3.63, 3.8) is 0 Å². The van der Waals surface area contributed by atoms with Crippen molar-refractivity contribution >= 4 is 23.6 Å². The van der Waals surface area contributed by atoms with E-state index in [2.05, 4.69) is 5.32 Å². The van der Waals surface area contributed by atoms with E-state index < -0.39 is 0 Å². The van der Waals surface area contributed by atoms with Gasteiger partial charge >= 0.3 is 0 Å². The highest BCUT2D eigenvalue weighted by molar-refractivity contribution is 7.98. The van der Waals surface area contributed by atoms with Crippen molar-refractivity contribution < 1.29 is 9.59 Å². The molecule has 1 fully saturated rings. The number of hydrogen-bond acceptors (Lipinski definition) is 3. The molecule has 1 aliphatic rings. The summed E-state index contributed by atoms with van der Waals surface area (Å²) in [7, 11) is 0. The Bertz CT molecular complexity index is 233. The van der Waals surface area contributed by atoms with E-state index in [0.29, 0.717) is 6.54 Å². The molecule has 4 nitrogen and oxygen atoms in total. The van der Waals surface area contributed by atoms with Crippen molar-refractivity contribution in [2.75, 3.05) is 25.1 Å². The predicted molar refractivity (Wildman–Crippen MR) is 57.2 cm³/mol. The van der Waals surface area contributed by atoms with Crippen LogP contribution in [0.3, 0.4) is 0 Å². The van der Waals surface area contributed by atoms with Crippen molar-refractivity contribution in [3.05, 3.63) is 0 Å². The fourth-order valence-electron chi connectivity index (χ4n) is 1.47. The van der Waals surface area contributed by atoms with E-state index in [1.165, 1.54) is 0 Å². The van der Waals surface area contributed by atoms with Crippen LogP contribution in [0.15, 0.2) is 0 Å². The minimum absolute atomic E-state index is 0.0261. The summed E-state index contributed by atoms with van der Waals surface area (Å²) in [5.41, 5.74) is 0. The van der Waals surface area contributed by atoms with Gasteiger partial charge in [0.25, 0.3) is 0 Å². The minimum Gasteiger partial charge on any atom is -0.345 e. The molecule has 1 saturated heterocycles. The molecule has 0 bridgehead atoms. The van der Waals surface area contributed by atoms with Gasteiger partial charge in [-0.15, -0.1) is 0 Å². The van der Waals surface area contributed by atoms with E-state index in [1.54, 1.807) is 23.6 Å². The lowest BCUT2D eigenvalue weighted by molar-refractivity contribution is -0.144. The zero-order valence-electron chi connectivity index (χ0n) is 8.58. The lowest BCUT2D eigenvalue weighted by Crippen LogP contribution is -2.57. The number of nitrogens with zero attached hydrogens (tertiary/aromatic N) is 1. The number of hydrogen-bond donors (Lipinski definition) is 1. The van der Waals surface area contributed by atoms with Crippen molar-refractivity contribution in [1.29, 1.82) is 0 Å². The van der Waals surface area contributed by atoms with Crippen LogP contribution in [-0.2, 0) is 9.59 Å². The Morgan fingerprint density at radius 1 is 1.57 bits per heavy atom. The third-order valence-corrected chi connectivity index (χ3v) is 3.03. The molecule has 0 saturated carbocycles. The lowest BCUT2D eigenvalue weighted by Gasteiger charge is -2.32. The molecule has 1 heterocycles. The summed E-state index contributed by atoms with van der Waals surface area (Å²) in [6.45, 7) is 2.61. The number of rotatable bonds is 4. The number of amides is 2. The van der Waals surface area contributed by atoms with Gasteiger partial charge in [-0.1, -0.05) is 0 Å². The third-order valence-electron chi connectivity index (χ3n) is 2.33. The zero-order chi connectivity index (χ0) is 10.6. The predicted octanol–water partition coefficient (Wildman–Crippen LogP) is 0.0864. The molecule has 5 heteroatoms. The first-order chi connectivity index (χ1) is 6.66. The van der Waals surface area contributed by atoms with Crippen LogP contribution in [0.1, 0.15) is 13.3 Å². The fourth-order valence-corrected chi connectivity index (χ4v) is 1.88. The number of carbonyl (C=O) groups excluding carboxylic acids is 2. The molecular formula is C9H16N2O2S. The summed E-state index contributed by atoms with van der Waals surface area (Å²) in [5, 5.41) is 2.57. The molecule has 14 heavy (non-hydrogen) atoms. The van der Waals surface area contributed by atoms with E-state index in [0.717, 1.165) is 12.2 Å². The number of piperazine rings is 1. The molecule has 0 aromatic heterocycles. The highest BCUT2D eigenvalue weighted by Crippen LogP contribution is 2.07. The minimum atomic E-state index is -0.307. The monoisotopic (exact) mass is 216 g/mol. The maximum atomic E-state index is 11.4. The molecule has 1 aliphatic heterocycles. The topological polar surface area (TPSA) is 49.4 Å². The molecule has 1 N–H and O–H groups in total. The summed E-state index contributed by atoms with van der Waals surface area (Å²) >= 11 is 1.75. The molecule has 2 amide bonds. The van der Waals surface area contributed by atoms with Gasteiger partial charge in [-0.05, 0) is 25.4 Å². The van der Waals surface area contributed by atoms with Crippen LogP contribution in [0.25, 0.3) is 0 Å². The van der Waals surface area contributed by atoms with Gasteiger partial charge in [0.05, 0.1) is 6.54 Å². The van der Waals surface area contributed by atoms with Gasteiger partial charge in [0.1, 0.15) is 6.04 Å². The van der Waals surface area contributed by atoms with E-state index in [1.807, 2.05) is 6.26 Å². The highest BCUT2D eigenvalue weighted by Gasteiger charge is 2.29. The highest BCUT2D eigenvalue weighted by atomic mass is 32.2. The lowest BCUT2D eigenvalue weighted by atomic mass is 10.2. The smallest absolute Gasteiger partial charge is 0.242 e. The molecular weight excluding hydrogens is 200 g/mol. The van der Waals surface area contributed by atoms with Gasteiger partial charge < -0.3 is 10.2 Å². The Kier molecular flexibility index (Phi) is 4.25. The Morgan fingerprint density at radius 2 is 2.29 bits per heavy atom. The Balaban J connectivity index is 2.46. The number of thioether (sulfide) groups is 1. The average molecular weight is 216 g/mol. The van der Waals surface area contributed by atoms with Crippen LogP contribution in [0, 0.1) is 0 Å². The van der Waals surface area contributed by atoms with Crippen molar-refractivity contribution in [2.45, 2.75) is 19.4 Å². The second-order valence-electron chi connectivity index (χ2n) is 3.33. The maximum absolute atomic E-state index is 11.4. The number of nitrogens with one attached hydrogen (secondary N) is 1. The van der Waals surface area contributed by atoms with Crippen LogP contribution >= 0.6 is 11.8 Å². The number of carbonyl (C=O) groups is 2. The molecule has 0 aromatic carbocycles. The van der Waals surface area contributed by atoms with E-state index >= 15 is 0 Å².